The Bertz CT molecular complexity index is 870. The molecule has 148 valence electrons. The lowest BCUT2D eigenvalue weighted by Crippen LogP contribution is -2.41. The minimum absolute atomic E-state index is 0.0366. The molecule has 0 saturated heterocycles. The molecule has 0 radical (unpaired) electrons. The molecule has 1 unspecified atom stereocenters. The number of amides is 1. The van der Waals surface area contributed by atoms with Gasteiger partial charge in [0.25, 0.3) is 0 Å². The molecule has 0 spiro atoms. The number of fused-ring (bicyclic) bond motifs is 1. The number of methoxy groups -OCH3 is 1. The second-order valence-electron chi connectivity index (χ2n) is 6.55. The van der Waals surface area contributed by atoms with Crippen molar-refractivity contribution in [3.63, 3.8) is 0 Å². The van der Waals surface area contributed by atoms with Crippen molar-refractivity contribution < 1.29 is 24.2 Å². The Morgan fingerprint density at radius 2 is 2.00 bits per heavy atom. The molecule has 0 aliphatic carbocycles. The maximum Gasteiger partial charge on any atom is 0.341 e. The molecule has 2 aromatic rings. The van der Waals surface area contributed by atoms with Crippen LogP contribution in [0.25, 0.3) is 0 Å². The summed E-state index contributed by atoms with van der Waals surface area (Å²) in [4.78, 5) is 25.7. The standard InChI is InChI=1S/C21H22ClNO5/c1-27-11-9-19(24)23-10-8-14-4-2-3-5-16(14)21(23)17-12-15(22)6-7-18(17)28-13-20(25)26/h2-7,12,21H,8-11,13H2,1H3,(H,25,26). The maximum absolute atomic E-state index is 12.9. The van der Waals surface area contributed by atoms with Crippen molar-refractivity contribution in [3.8, 4) is 5.75 Å². The first kappa shape index (κ1) is 20.2. The molecular weight excluding hydrogens is 382 g/mol. The largest absolute Gasteiger partial charge is 0.482 e. The average Bonchev–Trinajstić information content (AvgIpc) is 2.70. The predicted molar refractivity (Wildman–Crippen MR) is 105 cm³/mol. The van der Waals surface area contributed by atoms with Crippen LogP contribution in [0, 0.1) is 0 Å². The third-order valence-corrected chi connectivity index (χ3v) is 4.98. The van der Waals surface area contributed by atoms with Crippen molar-refractivity contribution in [2.75, 3.05) is 26.9 Å². The van der Waals surface area contributed by atoms with Gasteiger partial charge in [-0.25, -0.2) is 4.79 Å². The molecule has 1 amide bonds. The van der Waals surface area contributed by atoms with Crippen molar-refractivity contribution in [3.05, 3.63) is 64.2 Å². The van der Waals surface area contributed by atoms with Crippen molar-refractivity contribution in [1.29, 1.82) is 0 Å². The highest BCUT2D eigenvalue weighted by atomic mass is 35.5. The molecule has 7 heteroatoms. The molecule has 2 aromatic carbocycles. The summed E-state index contributed by atoms with van der Waals surface area (Å²) in [5.41, 5.74) is 2.81. The molecule has 1 N–H and O–H groups in total. The van der Waals surface area contributed by atoms with Gasteiger partial charge in [-0.3, -0.25) is 4.79 Å². The number of nitrogens with zero attached hydrogens (tertiary/aromatic N) is 1. The average molecular weight is 404 g/mol. The highest BCUT2D eigenvalue weighted by Crippen LogP contribution is 2.40. The molecular formula is C21H22ClNO5. The maximum atomic E-state index is 12.9. The molecule has 3 rings (SSSR count). The molecule has 1 aliphatic rings. The van der Waals surface area contributed by atoms with E-state index in [1.54, 1.807) is 30.2 Å². The number of aliphatic carboxylic acids is 1. The van der Waals surface area contributed by atoms with E-state index in [1.807, 2.05) is 24.3 Å². The van der Waals surface area contributed by atoms with Crippen molar-refractivity contribution >= 4 is 23.5 Å². The van der Waals surface area contributed by atoms with E-state index in [0.29, 0.717) is 29.5 Å². The van der Waals surface area contributed by atoms with Crippen molar-refractivity contribution in [2.24, 2.45) is 0 Å². The Hall–Kier alpha value is -2.57. The SMILES string of the molecule is COCCC(=O)N1CCc2ccccc2C1c1cc(Cl)ccc1OCC(=O)O. The summed E-state index contributed by atoms with van der Waals surface area (Å²) in [7, 11) is 1.56. The summed E-state index contributed by atoms with van der Waals surface area (Å²) < 4.78 is 10.6. The predicted octanol–water partition coefficient (Wildman–Crippen LogP) is 3.31. The van der Waals surface area contributed by atoms with Gasteiger partial charge >= 0.3 is 5.97 Å². The van der Waals surface area contributed by atoms with E-state index in [1.165, 1.54) is 0 Å². The van der Waals surface area contributed by atoms with Crippen molar-refractivity contribution in [1.82, 2.24) is 4.90 Å². The Morgan fingerprint density at radius 1 is 1.21 bits per heavy atom. The van der Waals surface area contributed by atoms with Gasteiger partial charge in [-0.15, -0.1) is 0 Å². The summed E-state index contributed by atoms with van der Waals surface area (Å²) >= 11 is 6.24. The van der Waals surface area contributed by atoms with Gasteiger partial charge in [-0.1, -0.05) is 35.9 Å². The number of carboxylic acid groups (broad SMARTS) is 1. The van der Waals surface area contributed by atoms with E-state index < -0.39 is 18.6 Å². The summed E-state index contributed by atoms with van der Waals surface area (Å²) in [5.74, 6) is -0.707. The fourth-order valence-corrected chi connectivity index (χ4v) is 3.69. The lowest BCUT2D eigenvalue weighted by molar-refractivity contribution is -0.139. The monoisotopic (exact) mass is 403 g/mol. The summed E-state index contributed by atoms with van der Waals surface area (Å²) in [5, 5.41) is 9.49. The Balaban J connectivity index is 2.07. The zero-order valence-electron chi connectivity index (χ0n) is 15.6. The van der Waals surface area contributed by atoms with Gasteiger partial charge in [0.1, 0.15) is 5.75 Å². The molecule has 1 aliphatic heterocycles. The number of carbonyl (C=O) groups excluding carboxylic acids is 1. The second kappa shape index (κ2) is 9.08. The number of ether oxygens (including phenoxy) is 2. The summed E-state index contributed by atoms with van der Waals surface area (Å²) in [6.45, 7) is 0.414. The van der Waals surface area contributed by atoms with Gasteiger partial charge in [-0.2, -0.15) is 0 Å². The van der Waals surface area contributed by atoms with Crippen LogP contribution in [-0.4, -0.2) is 48.8 Å². The quantitative estimate of drug-likeness (QED) is 0.767. The first-order chi connectivity index (χ1) is 13.5. The first-order valence-electron chi connectivity index (χ1n) is 9.01. The van der Waals surface area contributed by atoms with Crippen LogP contribution in [0.3, 0.4) is 0 Å². The number of hydrogen-bond donors (Lipinski definition) is 1. The topological polar surface area (TPSA) is 76.1 Å². The number of halogens is 1. The van der Waals surface area contributed by atoms with Crippen molar-refractivity contribution in [2.45, 2.75) is 18.9 Å². The zero-order valence-corrected chi connectivity index (χ0v) is 16.3. The molecule has 0 aromatic heterocycles. The second-order valence-corrected chi connectivity index (χ2v) is 6.98. The normalized spacial score (nSPS) is 15.8. The molecule has 0 bridgehead atoms. The Kier molecular flexibility index (Phi) is 6.54. The third kappa shape index (κ3) is 4.46. The van der Waals surface area contributed by atoms with Gasteiger partial charge < -0.3 is 19.5 Å². The summed E-state index contributed by atoms with van der Waals surface area (Å²) in [6, 6.07) is 12.6. The number of carboxylic acids is 1. The highest BCUT2D eigenvalue weighted by molar-refractivity contribution is 6.30. The first-order valence-corrected chi connectivity index (χ1v) is 9.39. The number of hydrogen-bond acceptors (Lipinski definition) is 4. The molecule has 0 saturated carbocycles. The van der Waals surface area contributed by atoms with Crippen LogP contribution in [0.5, 0.6) is 5.75 Å². The number of benzene rings is 2. The Labute approximate surface area is 168 Å². The lowest BCUT2D eigenvalue weighted by Gasteiger charge is -2.38. The van der Waals surface area contributed by atoms with Crippen LogP contribution in [0.2, 0.25) is 5.02 Å². The smallest absolute Gasteiger partial charge is 0.341 e. The van der Waals surface area contributed by atoms with E-state index in [-0.39, 0.29) is 12.3 Å². The number of rotatable bonds is 7. The molecule has 1 atom stereocenters. The lowest BCUT2D eigenvalue weighted by atomic mass is 9.87. The van der Waals surface area contributed by atoms with Gasteiger partial charge in [0.2, 0.25) is 5.91 Å². The zero-order chi connectivity index (χ0) is 20.1. The van der Waals surface area contributed by atoms with Gasteiger partial charge in [0.15, 0.2) is 6.61 Å². The van der Waals surface area contributed by atoms with E-state index in [9.17, 15) is 9.59 Å². The van der Waals surface area contributed by atoms with E-state index in [4.69, 9.17) is 26.2 Å². The van der Waals surface area contributed by atoms with Gasteiger partial charge in [-0.05, 0) is 35.7 Å². The van der Waals surface area contributed by atoms with E-state index in [2.05, 4.69) is 0 Å². The van der Waals surface area contributed by atoms with Crippen LogP contribution in [0.1, 0.15) is 29.2 Å². The van der Waals surface area contributed by atoms with Crippen LogP contribution >= 0.6 is 11.6 Å². The molecule has 1 heterocycles. The van der Waals surface area contributed by atoms with E-state index >= 15 is 0 Å². The minimum Gasteiger partial charge on any atom is -0.482 e. The molecule has 0 fully saturated rings. The minimum atomic E-state index is -1.07. The fourth-order valence-electron chi connectivity index (χ4n) is 3.51. The molecule has 28 heavy (non-hydrogen) atoms. The molecule has 6 nitrogen and oxygen atoms in total. The van der Waals surface area contributed by atoms with Crippen LogP contribution in [-0.2, 0) is 20.7 Å². The number of carbonyl (C=O) groups is 2. The highest BCUT2D eigenvalue weighted by Gasteiger charge is 2.33. The van der Waals surface area contributed by atoms with E-state index in [0.717, 1.165) is 17.5 Å². The van der Waals surface area contributed by atoms with Gasteiger partial charge in [0.05, 0.1) is 19.1 Å². The van der Waals surface area contributed by atoms with Crippen LogP contribution in [0.15, 0.2) is 42.5 Å². The van der Waals surface area contributed by atoms with Crippen LogP contribution < -0.4 is 4.74 Å². The van der Waals surface area contributed by atoms with Crippen LogP contribution in [0.4, 0.5) is 0 Å². The summed E-state index contributed by atoms with van der Waals surface area (Å²) in [6.07, 6.45) is 1.01. The fraction of sp³-hybridized carbons (Fsp3) is 0.333. The third-order valence-electron chi connectivity index (χ3n) is 4.74. The van der Waals surface area contributed by atoms with Gasteiger partial charge in [0, 0.05) is 24.2 Å². The Morgan fingerprint density at radius 3 is 2.75 bits per heavy atom.